The van der Waals surface area contributed by atoms with Crippen molar-refractivity contribution >= 4 is 5.69 Å². The molecular formula is C14H24N2O. The Bertz CT molecular complexity index is 350. The summed E-state index contributed by atoms with van der Waals surface area (Å²) in [6.45, 7) is 6.07. The first-order valence-corrected chi connectivity index (χ1v) is 6.19. The highest BCUT2D eigenvalue weighted by molar-refractivity contribution is 5.60. The molecule has 3 heteroatoms. The van der Waals surface area contributed by atoms with Gasteiger partial charge in [-0.25, -0.2) is 0 Å². The van der Waals surface area contributed by atoms with Crippen molar-refractivity contribution in [3.8, 4) is 5.75 Å². The second-order valence-electron chi connectivity index (χ2n) is 4.65. The molecule has 0 radical (unpaired) electrons. The molecule has 96 valence electrons. The van der Waals surface area contributed by atoms with Crippen molar-refractivity contribution in [1.29, 1.82) is 0 Å². The standard InChI is InChI=1S/C14H24N2O/c1-11(2)12-6-7-14(17-4)13(10-12)16(3)9-5-8-15/h6-7,10-11H,5,8-9,15H2,1-4H3. The van der Waals surface area contributed by atoms with Gasteiger partial charge in [-0.2, -0.15) is 0 Å². The van der Waals surface area contributed by atoms with Gasteiger partial charge in [0, 0.05) is 13.6 Å². The van der Waals surface area contributed by atoms with Crippen molar-refractivity contribution in [3.05, 3.63) is 23.8 Å². The van der Waals surface area contributed by atoms with Crippen LogP contribution in [0.25, 0.3) is 0 Å². The van der Waals surface area contributed by atoms with Crippen molar-refractivity contribution in [2.45, 2.75) is 26.2 Å². The first-order valence-electron chi connectivity index (χ1n) is 6.19. The van der Waals surface area contributed by atoms with E-state index in [2.05, 4.69) is 37.9 Å². The van der Waals surface area contributed by atoms with E-state index in [1.165, 1.54) is 5.56 Å². The minimum Gasteiger partial charge on any atom is -0.495 e. The number of ether oxygens (including phenoxy) is 1. The van der Waals surface area contributed by atoms with E-state index in [9.17, 15) is 0 Å². The van der Waals surface area contributed by atoms with Crippen molar-refractivity contribution in [1.82, 2.24) is 0 Å². The zero-order valence-corrected chi connectivity index (χ0v) is 11.4. The lowest BCUT2D eigenvalue weighted by atomic mass is 10.0. The number of hydrogen-bond acceptors (Lipinski definition) is 3. The predicted octanol–water partition coefficient (Wildman–Crippen LogP) is 2.60. The van der Waals surface area contributed by atoms with Gasteiger partial charge in [-0.05, 0) is 36.6 Å². The Balaban J connectivity index is 2.96. The van der Waals surface area contributed by atoms with E-state index in [0.717, 1.165) is 30.9 Å². The van der Waals surface area contributed by atoms with Crippen LogP contribution in [0.1, 0.15) is 31.7 Å². The number of rotatable bonds is 6. The average molecular weight is 236 g/mol. The van der Waals surface area contributed by atoms with Crippen LogP contribution in [-0.4, -0.2) is 27.2 Å². The van der Waals surface area contributed by atoms with Crippen molar-refractivity contribution in [2.75, 3.05) is 32.1 Å². The molecule has 1 rings (SSSR count). The molecule has 0 heterocycles. The van der Waals surface area contributed by atoms with Gasteiger partial charge in [0.1, 0.15) is 5.75 Å². The highest BCUT2D eigenvalue weighted by Gasteiger charge is 2.10. The molecule has 0 bridgehead atoms. The van der Waals surface area contributed by atoms with E-state index in [4.69, 9.17) is 10.5 Å². The van der Waals surface area contributed by atoms with Crippen LogP contribution in [0.3, 0.4) is 0 Å². The van der Waals surface area contributed by atoms with Gasteiger partial charge < -0.3 is 15.4 Å². The lowest BCUT2D eigenvalue weighted by Gasteiger charge is -2.23. The fourth-order valence-corrected chi connectivity index (χ4v) is 1.81. The Hall–Kier alpha value is -1.22. The van der Waals surface area contributed by atoms with Gasteiger partial charge in [0.25, 0.3) is 0 Å². The van der Waals surface area contributed by atoms with Crippen LogP contribution < -0.4 is 15.4 Å². The number of nitrogens with zero attached hydrogens (tertiary/aromatic N) is 1. The van der Waals surface area contributed by atoms with Crippen LogP contribution in [0.4, 0.5) is 5.69 Å². The van der Waals surface area contributed by atoms with Crippen molar-refractivity contribution < 1.29 is 4.74 Å². The van der Waals surface area contributed by atoms with Gasteiger partial charge in [-0.15, -0.1) is 0 Å². The fraction of sp³-hybridized carbons (Fsp3) is 0.571. The van der Waals surface area contributed by atoms with Crippen molar-refractivity contribution in [2.24, 2.45) is 5.73 Å². The molecule has 0 aliphatic rings. The van der Waals surface area contributed by atoms with Crippen LogP contribution >= 0.6 is 0 Å². The lowest BCUT2D eigenvalue weighted by molar-refractivity contribution is 0.414. The second-order valence-corrected chi connectivity index (χ2v) is 4.65. The Morgan fingerprint density at radius 2 is 2.06 bits per heavy atom. The van der Waals surface area contributed by atoms with Gasteiger partial charge in [0.05, 0.1) is 12.8 Å². The van der Waals surface area contributed by atoms with Gasteiger partial charge in [-0.3, -0.25) is 0 Å². The normalized spacial score (nSPS) is 10.7. The Morgan fingerprint density at radius 1 is 1.35 bits per heavy atom. The predicted molar refractivity (Wildman–Crippen MR) is 74.0 cm³/mol. The zero-order valence-electron chi connectivity index (χ0n) is 11.4. The maximum atomic E-state index is 5.55. The quantitative estimate of drug-likeness (QED) is 0.825. The highest BCUT2D eigenvalue weighted by atomic mass is 16.5. The first kappa shape index (κ1) is 13.8. The summed E-state index contributed by atoms with van der Waals surface area (Å²) in [5.74, 6) is 1.46. The molecule has 17 heavy (non-hydrogen) atoms. The van der Waals surface area contributed by atoms with Gasteiger partial charge in [-0.1, -0.05) is 19.9 Å². The molecule has 0 aliphatic heterocycles. The minimum absolute atomic E-state index is 0.530. The van der Waals surface area contributed by atoms with E-state index in [-0.39, 0.29) is 0 Å². The van der Waals surface area contributed by atoms with E-state index in [0.29, 0.717) is 5.92 Å². The lowest BCUT2D eigenvalue weighted by Crippen LogP contribution is -2.21. The number of hydrogen-bond donors (Lipinski definition) is 1. The monoisotopic (exact) mass is 236 g/mol. The fourth-order valence-electron chi connectivity index (χ4n) is 1.81. The molecule has 0 spiro atoms. The van der Waals surface area contributed by atoms with E-state index in [1.807, 2.05) is 6.07 Å². The van der Waals surface area contributed by atoms with Crippen LogP contribution in [0.15, 0.2) is 18.2 Å². The maximum Gasteiger partial charge on any atom is 0.142 e. The topological polar surface area (TPSA) is 38.5 Å². The summed E-state index contributed by atoms with van der Waals surface area (Å²) < 4.78 is 5.41. The molecule has 1 aromatic carbocycles. The van der Waals surface area contributed by atoms with Gasteiger partial charge in [0.2, 0.25) is 0 Å². The van der Waals surface area contributed by atoms with E-state index in [1.54, 1.807) is 7.11 Å². The highest BCUT2D eigenvalue weighted by Crippen LogP contribution is 2.31. The number of anilines is 1. The third-order valence-corrected chi connectivity index (χ3v) is 2.98. The number of nitrogens with two attached hydrogens (primary N) is 1. The molecule has 3 nitrogen and oxygen atoms in total. The molecule has 2 N–H and O–H groups in total. The minimum atomic E-state index is 0.530. The van der Waals surface area contributed by atoms with Crippen LogP contribution in [0, 0.1) is 0 Å². The smallest absolute Gasteiger partial charge is 0.142 e. The molecule has 0 aromatic heterocycles. The Morgan fingerprint density at radius 3 is 2.59 bits per heavy atom. The first-order chi connectivity index (χ1) is 8.10. The average Bonchev–Trinajstić information content (AvgIpc) is 2.34. The Kier molecular flexibility index (Phi) is 5.29. The van der Waals surface area contributed by atoms with Crippen LogP contribution in [0.5, 0.6) is 5.75 Å². The van der Waals surface area contributed by atoms with Crippen molar-refractivity contribution in [3.63, 3.8) is 0 Å². The van der Waals surface area contributed by atoms with Crippen LogP contribution in [0.2, 0.25) is 0 Å². The molecule has 0 aliphatic carbocycles. The third kappa shape index (κ3) is 3.63. The molecule has 0 unspecified atom stereocenters. The molecule has 0 saturated carbocycles. The summed E-state index contributed by atoms with van der Waals surface area (Å²) >= 11 is 0. The SMILES string of the molecule is COc1ccc(C(C)C)cc1N(C)CCCN. The van der Waals surface area contributed by atoms with Gasteiger partial charge >= 0.3 is 0 Å². The van der Waals surface area contributed by atoms with E-state index >= 15 is 0 Å². The number of methoxy groups -OCH3 is 1. The Labute approximate surface area is 105 Å². The zero-order chi connectivity index (χ0) is 12.8. The molecule has 0 atom stereocenters. The summed E-state index contributed by atoms with van der Waals surface area (Å²) in [5.41, 5.74) is 8.02. The van der Waals surface area contributed by atoms with Crippen LogP contribution in [-0.2, 0) is 0 Å². The molecule has 0 fully saturated rings. The number of benzene rings is 1. The molecule has 0 amide bonds. The maximum absolute atomic E-state index is 5.55. The second kappa shape index (κ2) is 6.50. The third-order valence-electron chi connectivity index (χ3n) is 2.98. The summed E-state index contributed by atoms with van der Waals surface area (Å²) in [6.07, 6.45) is 0.992. The van der Waals surface area contributed by atoms with Gasteiger partial charge in [0.15, 0.2) is 0 Å². The summed E-state index contributed by atoms with van der Waals surface area (Å²) in [5, 5.41) is 0. The largest absolute Gasteiger partial charge is 0.495 e. The molecular weight excluding hydrogens is 212 g/mol. The molecule has 0 saturated heterocycles. The summed E-state index contributed by atoms with van der Waals surface area (Å²) in [4.78, 5) is 2.21. The van der Waals surface area contributed by atoms with E-state index < -0.39 is 0 Å². The summed E-state index contributed by atoms with van der Waals surface area (Å²) in [7, 11) is 3.79. The molecule has 1 aromatic rings. The summed E-state index contributed by atoms with van der Waals surface area (Å²) in [6, 6.07) is 6.38.